The maximum atomic E-state index is 12.4. The molecule has 2 rings (SSSR count). The number of hydrogen-bond acceptors (Lipinski definition) is 4. The van der Waals surface area contributed by atoms with Gasteiger partial charge in [-0.3, -0.25) is 9.69 Å². The molecule has 0 aliphatic carbocycles. The summed E-state index contributed by atoms with van der Waals surface area (Å²) in [5, 5.41) is 0. The topological polar surface area (TPSA) is 32.8 Å². The molecule has 0 aromatic heterocycles. The summed E-state index contributed by atoms with van der Waals surface area (Å²) in [4.78, 5) is 16.9. The van der Waals surface area contributed by atoms with Crippen LogP contribution in [0.5, 0.6) is 0 Å². The van der Waals surface area contributed by atoms with Crippen LogP contribution in [0.1, 0.15) is 38.5 Å². The fourth-order valence-corrected chi connectivity index (χ4v) is 3.16. The molecule has 2 unspecified atom stereocenters. The Morgan fingerprint density at radius 2 is 2.11 bits per heavy atom. The Kier molecular flexibility index (Phi) is 5.79. The summed E-state index contributed by atoms with van der Waals surface area (Å²) in [6, 6.07) is 0.0944. The van der Waals surface area contributed by atoms with Crippen molar-refractivity contribution in [2.24, 2.45) is 0 Å². The summed E-state index contributed by atoms with van der Waals surface area (Å²) < 4.78 is 5.61. The highest BCUT2D eigenvalue weighted by atomic mass is 16.5. The van der Waals surface area contributed by atoms with Crippen LogP contribution in [0.2, 0.25) is 0 Å². The van der Waals surface area contributed by atoms with E-state index < -0.39 is 0 Å². The molecule has 2 aliphatic rings. The summed E-state index contributed by atoms with van der Waals surface area (Å²) in [5.41, 5.74) is 0. The molecule has 0 saturated carbocycles. The summed E-state index contributed by atoms with van der Waals surface area (Å²) >= 11 is 0. The normalized spacial score (nSPS) is 30.4. The number of ether oxygens (including phenoxy) is 1. The summed E-state index contributed by atoms with van der Waals surface area (Å²) in [7, 11) is 4.20. The number of hydrogen-bond donors (Lipinski definition) is 0. The van der Waals surface area contributed by atoms with Crippen LogP contribution in [0.25, 0.3) is 0 Å². The van der Waals surface area contributed by atoms with E-state index in [0.29, 0.717) is 18.3 Å². The van der Waals surface area contributed by atoms with E-state index in [2.05, 4.69) is 23.9 Å². The first-order valence-corrected chi connectivity index (χ1v) is 7.70. The third-order valence-electron chi connectivity index (χ3n) is 4.41. The van der Waals surface area contributed by atoms with Crippen LogP contribution in [0.3, 0.4) is 0 Å². The van der Waals surface area contributed by atoms with Gasteiger partial charge in [0.25, 0.3) is 0 Å². The van der Waals surface area contributed by atoms with Gasteiger partial charge in [0, 0.05) is 19.6 Å². The van der Waals surface area contributed by atoms with Gasteiger partial charge in [0.1, 0.15) is 0 Å². The number of carbonyl (C=O) groups is 1. The van der Waals surface area contributed by atoms with Crippen LogP contribution in [-0.4, -0.2) is 68.1 Å². The van der Waals surface area contributed by atoms with Gasteiger partial charge in [-0.05, 0) is 59.3 Å². The molecule has 19 heavy (non-hydrogen) atoms. The van der Waals surface area contributed by atoms with Gasteiger partial charge >= 0.3 is 0 Å². The predicted octanol–water partition coefficient (Wildman–Crippen LogP) is 1.54. The van der Waals surface area contributed by atoms with Crippen LogP contribution in [-0.2, 0) is 9.53 Å². The second-order valence-corrected chi connectivity index (χ2v) is 6.11. The van der Waals surface area contributed by atoms with E-state index in [9.17, 15) is 4.79 Å². The van der Waals surface area contributed by atoms with Crippen molar-refractivity contribution < 1.29 is 9.53 Å². The molecule has 110 valence electrons. The van der Waals surface area contributed by atoms with Crippen LogP contribution in [0, 0.1) is 0 Å². The van der Waals surface area contributed by atoms with E-state index in [1.807, 2.05) is 0 Å². The largest absolute Gasteiger partial charge is 0.378 e. The van der Waals surface area contributed by atoms with Gasteiger partial charge < -0.3 is 9.64 Å². The number of ketones is 1. The van der Waals surface area contributed by atoms with Crippen LogP contribution < -0.4 is 0 Å². The zero-order valence-corrected chi connectivity index (χ0v) is 12.4. The lowest BCUT2D eigenvalue weighted by Gasteiger charge is -2.26. The number of Topliss-reactive ketones (excluding diaryl/α,β-unsaturated/α-hetero) is 1. The van der Waals surface area contributed by atoms with Crippen molar-refractivity contribution in [1.82, 2.24) is 9.80 Å². The number of carbonyl (C=O) groups excluding carboxylic acids is 1. The highest BCUT2D eigenvalue weighted by Crippen LogP contribution is 2.18. The van der Waals surface area contributed by atoms with Gasteiger partial charge in [0.15, 0.2) is 5.78 Å². The lowest BCUT2D eigenvalue weighted by molar-refractivity contribution is -0.124. The van der Waals surface area contributed by atoms with Gasteiger partial charge in [-0.15, -0.1) is 0 Å². The second kappa shape index (κ2) is 7.36. The summed E-state index contributed by atoms with van der Waals surface area (Å²) in [6.07, 6.45) is 6.70. The molecule has 0 aromatic rings. The third kappa shape index (κ3) is 4.55. The molecule has 0 aromatic carbocycles. The van der Waals surface area contributed by atoms with Gasteiger partial charge in [-0.25, -0.2) is 0 Å². The predicted molar refractivity (Wildman–Crippen MR) is 76.4 cm³/mol. The molecule has 2 heterocycles. The van der Waals surface area contributed by atoms with Crippen molar-refractivity contribution >= 4 is 5.78 Å². The third-order valence-corrected chi connectivity index (χ3v) is 4.41. The fraction of sp³-hybridized carbons (Fsp3) is 0.933. The standard InChI is InChI=1S/C15H28N2O2/c1-16-9-5-10-17(2)14(12-16)15(18)8-3-6-13-7-4-11-19-13/h13-14H,3-12H2,1-2H3. The van der Waals surface area contributed by atoms with Crippen molar-refractivity contribution in [3.05, 3.63) is 0 Å². The number of rotatable bonds is 5. The average Bonchev–Trinajstić information content (AvgIpc) is 2.82. The smallest absolute Gasteiger partial charge is 0.151 e. The lowest BCUT2D eigenvalue weighted by Crippen LogP contribution is -2.43. The maximum Gasteiger partial charge on any atom is 0.151 e. The highest BCUT2D eigenvalue weighted by molar-refractivity contribution is 5.84. The molecule has 4 heteroatoms. The van der Waals surface area contributed by atoms with Crippen molar-refractivity contribution in [3.8, 4) is 0 Å². The molecule has 2 fully saturated rings. The first kappa shape index (κ1) is 14.9. The Balaban J connectivity index is 1.73. The Bertz CT molecular complexity index is 290. The minimum atomic E-state index is 0.0944. The average molecular weight is 268 g/mol. The first-order chi connectivity index (χ1) is 9.16. The first-order valence-electron chi connectivity index (χ1n) is 7.70. The van der Waals surface area contributed by atoms with E-state index in [0.717, 1.165) is 45.5 Å². The molecule has 2 aliphatic heterocycles. The van der Waals surface area contributed by atoms with Gasteiger partial charge in [-0.1, -0.05) is 0 Å². The minimum Gasteiger partial charge on any atom is -0.378 e. The van der Waals surface area contributed by atoms with E-state index in [4.69, 9.17) is 4.74 Å². The van der Waals surface area contributed by atoms with Gasteiger partial charge in [0.2, 0.25) is 0 Å². The molecule has 4 nitrogen and oxygen atoms in total. The monoisotopic (exact) mass is 268 g/mol. The number of nitrogens with zero attached hydrogens (tertiary/aromatic N) is 2. The Morgan fingerprint density at radius 1 is 1.26 bits per heavy atom. The van der Waals surface area contributed by atoms with E-state index in [1.54, 1.807) is 0 Å². The van der Waals surface area contributed by atoms with Crippen LogP contribution in [0.15, 0.2) is 0 Å². The second-order valence-electron chi connectivity index (χ2n) is 6.11. The SMILES string of the molecule is CN1CCCN(C)C(C(=O)CCCC2CCCO2)C1. The Hall–Kier alpha value is -0.450. The van der Waals surface area contributed by atoms with Crippen molar-refractivity contribution in [3.63, 3.8) is 0 Å². The zero-order chi connectivity index (χ0) is 13.7. The molecule has 2 saturated heterocycles. The Morgan fingerprint density at radius 3 is 2.84 bits per heavy atom. The van der Waals surface area contributed by atoms with E-state index in [-0.39, 0.29) is 6.04 Å². The summed E-state index contributed by atoms with van der Waals surface area (Å²) in [5.74, 6) is 0.411. The van der Waals surface area contributed by atoms with Crippen molar-refractivity contribution in [1.29, 1.82) is 0 Å². The molecule has 2 atom stereocenters. The van der Waals surface area contributed by atoms with Crippen LogP contribution >= 0.6 is 0 Å². The molecule has 0 spiro atoms. The van der Waals surface area contributed by atoms with Crippen LogP contribution in [0.4, 0.5) is 0 Å². The van der Waals surface area contributed by atoms with Gasteiger partial charge in [0.05, 0.1) is 12.1 Å². The maximum absolute atomic E-state index is 12.4. The Labute approximate surface area is 117 Å². The highest BCUT2D eigenvalue weighted by Gasteiger charge is 2.26. The molecule has 0 bridgehead atoms. The van der Waals surface area contributed by atoms with Crippen molar-refractivity contribution in [2.75, 3.05) is 40.3 Å². The van der Waals surface area contributed by atoms with E-state index in [1.165, 1.54) is 12.8 Å². The molecule has 0 radical (unpaired) electrons. The van der Waals surface area contributed by atoms with Gasteiger partial charge in [-0.2, -0.15) is 0 Å². The molecule has 0 amide bonds. The summed E-state index contributed by atoms with van der Waals surface area (Å²) in [6.45, 7) is 3.93. The molecular formula is C15H28N2O2. The van der Waals surface area contributed by atoms with E-state index >= 15 is 0 Å². The lowest BCUT2D eigenvalue weighted by atomic mass is 10.0. The quantitative estimate of drug-likeness (QED) is 0.757. The molecular weight excluding hydrogens is 240 g/mol. The number of likely N-dealkylation sites (N-methyl/N-ethyl adjacent to an activating group) is 2. The molecule has 0 N–H and O–H groups in total. The van der Waals surface area contributed by atoms with Crippen molar-refractivity contribution in [2.45, 2.75) is 50.7 Å². The zero-order valence-electron chi connectivity index (χ0n) is 12.4. The fourth-order valence-electron chi connectivity index (χ4n) is 3.16. The minimum absolute atomic E-state index is 0.0944.